The molecule has 0 radical (unpaired) electrons. The number of benzene rings is 2. The zero-order chi connectivity index (χ0) is 22.2. The van der Waals surface area contributed by atoms with E-state index in [0.29, 0.717) is 23.0 Å². The predicted octanol–water partition coefficient (Wildman–Crippen LogP) is 4.24. The van der Waals surface area contributed by atoms with E-state index in [1.54, 1.807) is 60.8 Å². The molecule has 1 amide bonds. The Labute approximate surface area is 182 Å². The summed E-state index contributed by atoms with van der Waals surface area (Å²) in [4.78, 5) is 12.9. The number of nitrogens with one attached hydrogen (secondary N) is 1. The molecule has 162 valence electrons. The van der Waals surface area contributed by atoms with E-state index in [9.17, 15) is 13.2 Å². The maximum absolute atomic E-state index is 12.9. The van der Waals surface area contributed by atoms with Gasteiger partial charge in [0.25, 0.3) is 15.9 Å². The number of aryl methyl sites for hydroxylation is 1. The third kappa shape index (κ3) is 4.34. The highest BCUT2D eigenvalue weighted by Gasteiger charge is 2.31. The van der Waals surface area contributed by atoms with Gasteiger partial charge in [0, 0.05) is 18.7 Å². The molecule has 1 aromatic heterocycles. The van der Waals surface area contributed by atoms with Crippen LogP contribution >= 0.6 is 0 Å². The van der Waals surface area contributed by atoms with E-state index >= 15 is 0 Å². The Hall–Kier alpha value is -3.13. The smallest absolute Gasteiger partial charge is 0.264 e. The maximum Gasteiger partial charge on any atom is 0.264 e. The van der Waals surface area contributed by atoms with Crippen LogP contribution in [-0.2, 0) is 10.0 Å². The van der Waals surface area contributed by atoms with Crippen molar-refractivity contribution in [2.24, 2.45) is 5.92 Å². The van der Waals surface area contributed by atoms with Crippen LogP contribution in [0.3, 0.4) is 0 Å². The molecular formula is C23H26N4O3S. The first-order valence-corrected chi connectivity index (χ1v) is 11.7. The van der Waals surface area contributed by atoms with E-state index in [4.69, 9.17) is 0 Å². The SMILES string of the molecule is Cc1ccc(S(=O)(=O)N(C)c2ccc(C(=O)Nc3ccnn3C(C)C3CC3)cc2)cc1. The van der Waals surface area contributed by atoms with Gasteiger partial charge in [-0.25, -0.2) is 13.1 Å². The molecule has 0 saturated heterocycles. The Morgan fingerprint density at radius 1 is 1.10 bits per heavy atom. The van der Waals surface area contributed by atoms with Gasteiger partial charge in [0.15, 0.2) is 0 Å². The molecule has 1 fully saturated rings. The van der Waals surface area contributed by atoms with Crippen molar-refractivity contribution in [2.75, 3.05) is 16.7 Å². The second-order valence-electron chi connectivity index (χ2n) is 8.03. The van der Waals surface area contributed by atoms with Crippen LogP contribution in [0.5, 0.6) is 0 Å². The topological polar surface area (TPSA) is 84.3 Å². The second-order valence-corrected chi connectivity index (χ2v) is 9.99. The van der Waals surface area contributed by atoms with Crippen LogP contribution in [0.2, 0.25) is 0 Å². The summed E-state index contributed by atoms with van der Waals surface area (Å²) in [6.45, 7) is 4.02. The van der Waals surface area contributed by atoms with Crippen molar-refractivity contribution in [3.63, 3.8) is 0 Å². The summed E-state index contributed by atoms with van der Waals surface area (Å²) in [5.41, 5.74) is 1.91. The van der Waals surface area contributed by atoms with Gasteiger partial charge < -0.3 is 5.32 Å². The Morgan fingerprint density at radius 2 is 1.74 bits per heavy atom. The number of aromatic nitrogens is 2. The molecule has 2 aromatic carbocycles. The van der Waals surface area contributed by atoms with Crippen LogP contribution in [0, 0.1) is 12.8 Å². The van der Waals surface area contributed by atoms with Crippen LogP contribution in [0.1, 0.15) is 41.7 Å². The van der Waals surface area contributed by atoms with Crippen molar-refractivity contribution in [1.82, 2.24) is 9.78 Å². The predicted molar refractivity (Wildman–Crippen MR) is 121 cm³/mol. The lowest BCUT2D eigenvalue weighted by atomic mass is 10.2. The molecule has 31 heavy (non-hydrogen) atoms. The van der Waals surface area contributed by atoms with Crippen molar-refractivity contribution in [2.45, 2.75) is 37.6 Å². The number of amides is 1. The van der Waals surface area contributed by atoms with Gasteiger partial charge in [0.2, 0.25) is 0 Å². The minimum atomic E-state index is -3.68. The molecule has 0 spiro atoms. The Morgan fingerprint density at radius 3 is 2.35 bits per heavy atom. The van der Waals surface area contributed by atoms with E-state index in [2.05, 4.69) is 17.3 Å². The quantitative estimate of drug-likeness (QED) is 0.598. The van der Waals surface area contributed by atoms with Crippen molar-refractivity contribution >= 4 is 27.4 Å². The lowest BCUT2D eigenvalue weighted by Gasteiger charge is -2.20. The first-order chi connectivity index (χ1) is 14.8. The van der Waals surface area contributed by atoms with Gasteiger partial charge >= 0.3 is 0 Å². The van der Waals surface area contributed by atoms with Gasteiger partial charge in [0.05, 0.1) is 22.8 Å². The minimum Gasteiger partial charge on any atom is -0.307 e. The monoisotopic (exact) mass is 438 g/mol. The number of rotatable bonds is 7. The number of hydrogen-bond donors (Lipinski definition) is 1. The highest BCUT2D eigenvalue weighted by molar-refractivity contribution is 7.92. The Balaban J connectivity index is 1.48. The van der Waals surface area contributed by atoms with Gasteiger partial charge in [0.1, 0.15) is 5.82 Å². The molecule has 7 nitrogen and oxygen atoms in total. The molecule has 1 aliphatic rings. The molecule has 1 aliphatic carbocycles. The Bertz CT molecular complexity index is 1180. The van der Waals surface area contributed by atoms with Crippen molar-refractivity contribution in [3.8, 4) is 0 Å². The van der Waals surface area contributed by atoms with Gasteiger partial charge in [-0.3, -0.25) is 9.10 Å². The first kappa shape index (κ1) is 21.1. The highest BCUT2D eigenvalue weighted by atomic mass is 32.2. The van der Waals surface area contributed by atoms with Gasteiger partial charge in [-0.1, -0.05) is 17.7 Å². The summed E-state index contributed by atoms with van der Waals surface area (Å²) in [6.07, 6.45) is 4.06. The fourth-order valence-corrected chi connectivity index (χ4v) is 4.73. The van der Waals surface area contributed by atoms with E-state index in [1.165, 1.54) is 24.2 Å². The molecule has 4 rings (SSSR count). The third-order valence-electron chi connectivity index (χ3n) is 5.77. The number of anilines is 2. The highest BCUT2D eigenvalue weighted by Crippen LogP contribution is 2.40. The number of sulfonamides is 1. The molecule has 1 N–H and O–H groups in total. The van der Waals surface area contributed by atoms with Crippen LogP contribution in [0.25, 0.3) is 0 Å². The van der Waals surface area contributed by atoms with Crippen LogP contribution in [0.15, 0.2) is 65.7 Å². The zero-order valence-electron chi connectivity index (χ0n) is 17.8. The van der Waals surface area contributed by atoms with Crippen molar-refractivity contribution in [1.29, 1.82) is 0 Å². The van der Waals surface area contributed by atoms with Crippen LogP contribution in [0.4, 0.5) is 11.5 Å². The lowest BCUT2D eigenvalue weighted by Crippen LogP contribution is -2.26. The fraction of sp³-hybridized carbons (Fsp3) is 0.304. The number of carbonyl (C=O) groups excluding carboxylic acids is 1. The zero-order valence-corrected chi connectivity index (χ0v) is 18.6. The van der Waals surface area contributed by atoms with E-state index in [1.807, 2.05) is 11.6 Å². The molecule has 0 aliphatic heterocycles. The summed E-state index contributed by atoms with van der Waals surface area (Å²) in [5, 5.41) is 7.26. The minimum absolute atomic E-state index is 0.223. The maximum atomic E-state index is 12.9. The van der Waals surface area contributed by atoms with E-state index in [0.717, 1.165) is 5.56 Å². The molecule has 1 heterocycles. The fourth-order valence-electron chi connectivity index (χ4n) is 3.53. The molecule has 1 saturated carbocycles. The average Bonchev–Trinajstić information content (AvgIpc) is 3.52. The third-order valence-corrected chi connectivity index (χ3v) is 7.57. The summed E-state index contributed by atoms with van der Waals surface area (Å²) in [5.74, 6) is 1.01. The number of hydrogen-bond acceptors (Lipinski definition) is 4. The molecular weight excluding hydrogens is 412 g/mol. The Kier molecular flexibility index (Phi) is 5.58. The molecule has 0 bridgehead atoms. The number of nitrogens with zero attached hydrogens (tertiary/aromatic N) is 3. The van der Waals surface area contributed by atoms with Gasteiger partial charge in [-0.15, -0.1) is 0 Å². The van der Waals surface area contributed by atoms with Gasteiger partial charge in [-0.05, 0) is 69.0 Å². The number of carbonyl (C=O) groups is 1. The van der Waals surface area contributed by atoms with Crippen molar-refractivity contribution in [3.05, 3.63) is 71.9 Å². The lowest BCUT2D eigenvalue weighted by molar-refractivity contribution is 0.102. The largest absolute Gasteiger partial charge is 0.307 e. The normalized spacial score (nSPS) is 14.8. The summed E-state index contributed by atoms with van der Waals surface area (Å²) >= 11 is 0. The average molecular weight is 439 g/mol. The molecule has 8 heteroatoms. The summed E-state index contributed by atoms with van der Waals surface area (Å²) in [7, 11) is -2.18. The summed E-state index contributed by atoms with van der Waals surface area (Å²) in [6, 6.07) is 15.2. The standard InChI is InChI=1S/C23H26N4O3S/c1-16-4-12-21(13-5-16)31(29,30)26(3)20-10-8-19(9-11-20)23(28)25-22-14-15-24-27(22)17(2)18-6-7-18/h4-5,8-15,17-18H,6-7H2,1-3H3,(H,25,28). The second kappa shape index (κ2) is 8.19. The molecule has 1 unspecified atom stereocenters. The molecule has 1 atom stereocenters. The van der Waals surface area contributed by atoms with Gasteiger partial charge in [-0.2, -0.15) is 5.10 Å². The first-order valence-electron chi connectivity index (χ1n) is 10.3. The summed E-state index contributed by atoms with van der Waals surface area (Å²) < 4.78 is 28.8. The van der Waals surface area contributed by atoms with E-state index < -0.39 is 10.0 Å². The van der Waals surface area contributed by atoms with Crippen molar-refractivity contribution < 1.29 is 13.2 Å². The molecule has 3 aromatic rings. The van der Waals surface area contributed by atoms with Crippen LogP contribution < -0.4 is 9.62 Å². The van der Waals surface area contributed by atoms with E-state index in [-0.39, 0.29) is 16.8 Å². The van der Waals surface area contributed by atoms with Crippen LogP contribution in [-0.4, -0.2) is 31.2 Å².